The smallest absolute Gasteiger partial charge is 0.264 e. The number of sulfonamides is 2. The zero-order valence-corrected chi connectivity index (χ0v) is 14.1. The first-order valence-corrected chi connectivity index (χ1v) is 10.3. The molecule has 1 N–H and O–H groups in total. The number of hydrogen-bond acceptors (Lipinski definition) is 4. The van der Waals surface area contributed by atoms with E-state index in [0.29, 0.717) is 18.7 Å². The highest BCUT2D eigenvalue weighted by Crippen LogP contribution is 2.27. The van der Waals surface area contributed by atoms with Crippen LogP contribution in [0.15, 0.2) is 53.4 Å². The summed E-state index contributed by atoms with van der Waals surface area (Å²) >= 11 is 0. The Balaban J connectivity index is 1.92. The van der Waals surface area contributed by atoms with E-state index in [4.69, 9.17) is 0 Å². The number of halogens is 1. The van der Waals surface area contributed by atoms with E-state index in [1.807, 2.05) is 0 Å². The second kappa shape index (κ2) is 6.06. The van der Waals surface area contributed by atoms with Crippen molar-refractivity contribution in [2.24, 2.45) is 0 Å². The lowest BCUT2D eigenvalue weighted by molar-refractivity contribution is 0.570. The molecule has 128 valence electrons. The van der Waals surface area contributed by atoms with E-state index in [1.54, 1.807) is 12.1 Å². The summed E-state index contributed by atoms with van der Waals surface area (Å²) in [6.07, 6.45) is 0.521. The van der Waals surface area contributed by atoms with Crippen molar-refractivity contribution in [2.45, 2.75) is 11.3 Å². The Kier molecular flexibility index (Phi) is 4.22. The highest BCUT2D eigenvalue weighted by molar-refractivity contribution is 7.93. The standard InChI is InChI=1S/C15H15FN2O4S2/c16-14-7-1-2-8-15(14)24(21,22)17-12-5-3-6-13(11-12)18-9-4-10-23(18,19)20/h1-3,5-8,11,17H,4,9-10H2. The molecule has 3 rings (SSSR count). The number of rotatable bonds is 4. The first-order chi connectivity index (χ1) is 11.3. The van der Waals surface area contributed by atoms with Gasteiger partial charge in [-0.25, -0.2) is 21.2 Å². The van der Waals surface area contributed by atoms with Crippen molar-refractivity contribution < 1.29 is 21.2 Å². The molecule has 2 aromatic rings. The summed E-state index contributed by atoms with van der Waals surface area (Å²) in [6, 6.07) is 11.1. The molecule has 2 aromatic carbocycles. The maximum Gasteiger partial charge on any atom is 0.264 e. The van der Waals surface area contributed by atoms with Gasteiger partial charge in [0.2, 0.25) is 10.0 Å². The molecular formula is C15H15FN2O4S2. The van der Waals surface area contributed by atoms with Crippen molar-refractivity contribution in [1.29, 1.82) is 0 Å². The molecule has 1 aliphatic heterocycles. The number of benzene rings is 2. The Morgan fingerprint density at radius 3 is 2.50 bits per heavy atom. The lowest BCUT2D eigenvalue weighted by Crippen LogP contribution is -2.25. The maximum atomic E-state index is 13.7. The number of anilines is 2. The molecule has 0 bridgehead atoms. The van der Waals surface area contributed by atoms with Crippen molar-refractivity contribution in [3.63, 3.8) is 0 Å². The van der Waals surface area contributed by atoms with Crippen molar-refractivity contribution in [3.05, 3.63) is 54.3 Å². The molecule has 6 nitrogen and oxygen atoms in total. The van der Waals surface area contributed by atoms with Gasteiger partial charge in [-0.3, -0.25) is 9.03 Å². The topological polar surface area (TPSA) is 83.6 Å². The monoisotopic (exact) mass is 370 g/mol. The summed E-state index contributed by atoms with van der Waals surface area (Å²) in [5.74, 6) is -0.790. The molecule has 0 radical (unpaired) electrons. The highest BCUT2D eigenvalue weighted by atomic mass is 32.2. The first-order valence-electron chi connectivity index (χ1n) is 7.17. The molecule has 1 heterocycles. The van der Waals surface area contributed by atoms with Crippen molar-refractivity contribution >= 4 is 31.4 Å². The zero-order valence-electron chi connectivity index (χ0n) is 12.5. The van der Waals surface area contributed by atoms with Crippen LogP contribution in [-0.4, -0.2) is 29.1 Å². The average Bonchev–Trinajstić information content (AvgIpc) is 2.86. The minimum Gasteiger partial charge on any atom is -0.279 e. The predicted molar refractivity (Wildman–Crippen MR) is 89.4 cm³/mol. The van der Waals surface area contributed by atoms with E-state index in [1.165, 1.54) is 28.6 Å². The van der Waals surface area contributed by atoms with Crippen LogP contribution in [0.5, 0.6) is 0 Å². The molecule has 24 heavy (non-hydrogen) atoms. The van der Waals surface area contributed by atoms with Gasteiger partial charge in [0.1, 0.15) is 10.7 Å². The Bertz CT molecular complexity index is 974. The molecule has 1 aliphatic rings. The third-order valence-electron chi connectivity index (χ3n) is 3.61. The molecule has 0 aromatic heterocycles. The largest absolute Gasteiger partial charge is 0.279 e. The van der Waals surface area contributed by atoms with E-state index in [9.17, 15) is 21.2 Å². The fourth-order valence-electron chi connectivity index (χ4n) is 2.53. The molecule has 0 amide bonds. The van der Waals surface area contributed by atoms with Gasteiger partial charge in [0.25, 0.3) is 10.0 Å². The van der Waals surface area contributed by atoms with E-state index in [-0.39, 0.29) is 11.4 Å². The zero-order chi connectivity index (χ0) is 17.4. The van der Waals surface area contributed by atoms with E-state index < -0.39 is 30.8 Å². The van der Waals surface area contributed by atoms with Crippen LogP contribution in [0.25, 0.3) is 0 Å². The molecule has 0 unspecified atom stereocenters. The van der Waals surface area contributed by atoms with Crippen LogP contribution in [0, 0.1) is 5.82 Å². The van der Waals surface area contributed by atoms with Gasteiger partial charge < -0.3 is 0 Å². The second-order valence-electron chi connectivity index (χ2n) is 5.33. The SMILES string of the molecule is O=S(=O)(Nc1cccc(N2CCCS2(=O)=O)c1)c1ccccc1F. The van der Waals surface area contributed by atoms with E-state index >= 15 is 0 Å². The fraction of sp³-hybridized carbons (Fsp3) is 0.200. The average molecular weight is 370 g/mol. The molecule has 1 saturated heterocycles. The van der Waals surface area contributed by atoms with E-state index in [2.05, 4.69) is 4.72 Å². The molecule has 1 fully saturated rings. The van der Waals surface area contributed by atoms with Gasteiger partial charge in [0.05, 0.1) is 17.1 Å². The van der Waals surface area contributed by atoms with Gasteiger partial charge in [0.15, 0.2) is 0 Å². The Labute approximate surface area is 140 Å². The third-order valence-corrected chi connectivity index (χ3v) is 6.90. The summed E-state index contributed by atoms with van der Waals surface area (Å²) in [5.41, 5.74) is 0.541. The normalized spacial score (nSPS) is 17.0. The van der Waals surface area contributed by atoms with Crippen LogP contribution in [0.1, 0.15) is 6.42 Å². The lowest BCUT2D eigenvalue weighted by Gasteiger charge is -2.18. The first kappa shape index (κ1) is 16.7. The van der Waals surface area contributed by atoms with Gasteiger partial charge in [-0.2, -0.15) is 0 Å². The molecular weight excluding hydrogens is 355 g/mol. The van der Waals surface area contributed by atoms with Crippen LogP contribution in [-0.2, 0) is 20.0 Å². The van der Waals surface area contributed by atoms with Crippen molar-refractivity contribution in [3.8, 4) is 0 Å². The van der Waals surface area contributed by atoms with Crippen LogP contribution < -0.4 is 9.03 Å². The Morgan fingerprint density at radius 1 is 1.08 bits per heavy atom. The molecule has 0 spiro atoms. The van der Waals surface area contributed by atoms with Gasteiger partial charge in [0, 0.05) is 6.54 Å². The number of nitrogens with one attached hydrogen (secondary N) is 1. The van der Waals surface area contributed by atoms with Crippen LogP contribution >= 0.6 is 0 Å². The highest BCUT2D eigenvalue weighted by Gasteiger charge is 2.28. The second-order valence-corrected chi connectivity index (χ2v) is 8.99. The molecule has 0 aliphatic carbocycles. The van der Waals surface area contributed by atoms with Gasteiger partial charge in [-0.05, 0) is 36.8 Å². The summed E-state index contributed by atoms with van der Waals surface area (Å²) in [6.45, 7) is 0.353. The minimum atomic E-state index is -4.11. The maximum absolute atomic E-state index is 13.7. The van der Waals surface area contributed by atoms with Crippen LogP contribution in [0.2, 0.25) is 0 Å². The van der Waals surface area contributed by atoms with Crippen molar-refractivity contribution in [2.75, 3.05) is 21.3 Å². The third kappa shape index (κ3) is 3.22. The van der Waals surface area contributed by atoms with E-state index in [0.717, 1.165) is 12.1 Å². The fourth-order valence-corrected chi connectivity index (χ4v) is 5.21. The van der Waals surface area contributed by atoms with Gasteiger partial charge >= 0.3 is 0 Å². The Morgan fingerprint density at radius 2 is 1.83 bits per heavy atom. The number of hydrogen-bond donors (Lipinski definition) is 1. The summed E-state index contributed by atoms with van der Waals surface area (Å²) in [7, 11) is -7.47. The van der Waals surface area contributed by atoms with Crippen LogP contribution in [0.4, 0.5) is 15.8 Å². The predicted octanol–water partition coefficient (Wildman–Crippen LogP) is 2.17. The molecule has 9 heteroatoms. The number of nitrogens with zero attached hydrogens (tertiary/aromatic N) is 1. The van der Waals surface area contributed by atoms with Gasteiger partial charge in [-0.15, -0.1) is 0 Å². The van der Waals surface area contributed by atoms with Gasteiger partial charge in [-0.1, -0.05) is 18.2 Å². The summed E-state index contributed by atoms with van der Waals surface area (Å²) in [5, 5.41) is 0. The summed E-state index contributed by atoms with van der Waals surface area (Å²) < 4.78 is 65.8. The van der Waals surface area contributed by atoms with Crippen LogP contribution in [0.3, 0.4) is 0 Å². The Hall–Kier alpha value is -2.13. The summed E-state index contributed by atoms with van der Waals surface area (Å²) in [4.78, 5) is -0.468. The molecule has 0 atom stereocenters. The lowest BCUT2D eigenvalue weighted by atomic mass is 10.3. The van der Waals surface area contributed by atoms with Crippen molar-refractivity contribution in [1.82, 2.24) is 0 Å². The molecule has 0 saturated carbocycles. The quantitative estimate of drug-likeness (QED) is 0.894. The minimum absolute atomic E-state index is 0.0676.